The SMILES string of the molecule is O=C(NC[C@H]1CCOC1)N(Cc1ccco1)Cc1cccs1. The Morgan fingerprint density at radius 2 is 2.32 bits per heavy atom. The number of nitrogens with zero attached hydrogens (tertiary/aromatic N) is 1. The minimum absolute atomic E-state index is 0.0586. The standard InChI is InChI=1S/C16H20N2O3S/c19-16(17-9-13-5-7-20-12-13)18(10-14-3-1-6-21-14)11-15-4-2-8-22-15/h1-4,6,8,13H,5,7,9-12H2,(H,17,19)/t13-/m1/s1. The molecule has 6 heteroatoms. The Hall–Kier alpha value is -1.79. The first-order chi connectivity index (χ1) is 10.8. The normalized spacial score (nSPS) is 17.5. The lowest BCUT2D eigenvalue weighted by Gasteiger charge is -2.22. The summed E-state index contributed by atoms with van der Waals surface area (Å²) in [6.45, 7) is 3.26. The van der Waals surface area contributed by atoms with E-state index in [9.17, 15) is 4.79 Å². The Kier molecular flexibility index (Phi) is 5.13. The summed E-state index contributed by atoms with van der Waals surface area (Å²) in [6, 6.07) is 7.71. The third-order valence-corrected chi connectivity index (χ3v) is 4.57. The Balaban J connectivity index is 1.59. The van der Waals surface area contributed by atoms with Crippen molar-refractivity contribution >= 4 is 17.4 Å². The molecule has 0 aliphatic carbocycles. The zero-order valence-corrected chi connectivity index (χ0v) is 13.2. The fourth-order valence-corrected chi connectivity index (χ4v) is 3.19. The maximum Gasteiger partial charge on any atom is 0.318 e. The smallest absolute Gasteiger partial charge is 0.318 e. The van der Waals surface area contributed by atoms with E-state index in [1.54, 1.807) is 22.5 Å². The third-order valence-electron chi connectivity index (χ3n) is 3.71. The highest BCUT2D eigenvalue weighted by molar-refractivity contribution is 7.09. The highest BCUT2D eigenvalue weighted by Crippen LogP contribution is 2.16. The maximum absolute atomic E-state index is 12.5. The van der Waals surface area contributed by atoms with Crippen molar-refractivity contribution in [2.75, 3.05) is 19.8 Å². The van der Waals surface area contributed by atoms with Crippen molar-refractivity contribution < 1.29 is 13.9 Å². The zero-order valence-electron chi connectivity index (χ0n) is 12.4. The maximum atomic E-state index is 12.5. The van der Waals surface area contributed by atoms with E-state index in [0.29, 0.717) is 25.6 Å². The van der Waals surface area contributed by atoms with E-state index in [1.807, 2.05) is 29.6 Å². The minimum atomic E-state index is -0.0586. The van der Waals surface area contributed by atoms with Gasteiger partial charge in [0, 0.05) is 23.9 Å². The fraction of sp³-hybridized carbons (Fsp3) is 0.438. The second-order valence-electron chi connectivity index (χ2n) is 5.43. The van der Waals surface area contributed by atoms with Crippen LogP contribution >= 0.6 is 11.3 Å². The Bertz CT molecular complexity index is 526. The molecule has 0 aromatic carbocycles. The minimum Gasteiger partial charge on any atom is -0.467 e. The molecule has 1 fully saturated rings. The number of rotatable bonds is 6. The second-order valence-corrected chi connectivity index (χ2v) is 6.46. The van der Waals surface area contributed by atoms with Crippen LogP contribution in [0.1, 0.15) is 17.1 Å². The van der Waals surface area contributed by atoms with Gasteiger partial charge in [-0.05, 0) is 30.0 Å². The predicted molar refractivity (Wildman–Crippen MR) is 84.6 cm³/mol. The number of carbonyl (C=O) groups excluding carboxylic acids is 1. The van der Waals surface area contributed by atoms with Gasteiger partial charge in [0.05, 0.1) is 26.0 Å². The summed E-state index contributed by atoms with van der Waals surface area (Å²) in [4.78, 5) is 15.4. The molecule has 0 saturated carbocycles. The van der Waals surface area contributed by atoms with Crippen LogP contribution in [-0.2, 0) is 17.8 Å². The van der Waals surface area contributed by atoms with Gasteiger partial charge in [-0.1, -0.05) is 6.07 Å². The molecule has 3 rings (SSSR count). The predicted octanol–water partition coefficient (Wildman–Crippen LogP) is 3.09. The summed E-state index contributed by atoms with van der Waals surface area (Å²) in [5.41, 5.74) is 0. The molecular weight excluding hydrogens is 300 g/mol. The Labute approximate surface area is 133 Å². The highest BCUT2D eigenvalue weighted by atomic mass is 32.1. The summed E-state index contributed by atoms with van der Waals surface area (Å²) in [5.74, 6) is 1.21. The van der Waals surface area contributed by atoms with Crippen molar-refractivity contribution in [3.05, 3.63) is 46.5 Å². The summed E-state index contributed by atoms with van der Waals surface area (Å²) in [7, 11) is 0. The van der Waals surface area contributed by atoms with Crippen molar-refractivity contribution in [1.82, 2.24) is 10.2 Å². The molecule has 1 saturated heterocycles. The Morgan fingerprint density at radius 3 is 3.00 bits per heavy atom. The average molecular weight is 320 g/mol. The summed E-state index contributed by atoms with van der Waals surface area (Å²) in [5, 5.41) is 5.04. The monoisotopic (exact) mass is 320 g/mol. The van der Waals surface area contributed by atoms with Crippen LogP contribution in [0, 0.1) is 5.92 Å². The number of urea groups is 1. The molecule has 1 atom stereocenters. The number of furan rings is 1. The van der Waals surface area contributed by atoms with Crippen LogP contribution in [0.15, 0.2) is 40.3 Å². The van der Waals surface area contributed by atoms with Crippen LogP contribution in [-0.4, -0.2) is 30.7 Å². The number of nitrogens with one attached hydrogen (secondary N) is 1. The molecule has 0 unspecified atom stereocenters. The van der Waals surface area contributed by atoms with Crippen molar-refractivity contribution in [1.29, 1.82) is 0 Å². The fourth-order valence-electron chi connectivity index (χ4n) is 2.47. The lowest BCUT2D eigenvalue weighted by Crippen LogP contribution is -2.41. The molecule has 3 heterocycles. The number of hydrogen-bond acceptors (Lipinski definition) is 4. The zero-order chi connectivity index (χ0) is 15.2. The van der Waals surface area contributed by atoms with E-state index in [2.05, 4.69) is 5.32 Å². The molecule has 2 aromatic rings. The number of ether oxygens (including phenoxy) is 1. The summed E-state index contributed by atoms with van der Waals surface area (Å²) < 4.78 is 10.7. The topological polar surface area (TPSA) is 54.7 Å². The van der Waals surface area contributed by atoms with Crippen LogP contribution in [0.4, 0.5) is 4.79 Å². The quantitative estimate of drug-likeness (QED) is 0.890. The van der Waals surface area contributed by atoms with Crippen LogP contribution in [0.3, 0.4) is 0 Å². The van der Waals surface area contributed by atoms with Crippen molar-refractivity contribution in [2.24, 2.45) is 5.92 Å². The molecular formula is C16H20N2O3S. The molecule has 2 aromatic heterocycles. The van der Waals surface area contributed by atoms with Gasteiger partial charge in [-0.2, -0.15) is 0 Å². The molecule has 1 N–H and O–H groups in total. The van der Waals surface area contributed by atoms with Gasteiger partial charge >= 0.3 is 6.03 Å². The molecule has 1 aliphatic heterocycles. The van der Waals surface area contributed by atoms with Gasteiger partial charge < -0.3 is 19.4 Å². The number of thiophene rings is 1. The summed E-state index contributed by atoms with van der Waals surface area (Å²) in [6.07, 6.45) is 2.65. The lowest BCUT2D eigenvalue weighted by molar-refractivity contribution is 0.177. The molecule has 118 valence electrons. The van der Waals surface area contributed by atoms with Crippen LogP contribution < -0.4 is 5.32 Å². The van der Waals surface area contributed by atoms with Gasteiger partial charge in [0.25, 0.3) is 0 Å². The molecule has 22 heavy (non-hydrogen) atoms. The Morgan fingerprint density at radius 1 is 1.36 bits per heavy atom. The van der Waals surface area contributed by atoms with Crippen molar-refractivity contribution in [3.8, 4) is 0 Å². The van der Waals surface area contributed by atoms with E-state index in [0.717, 1.165) is 30.3 Å². The van der Waals surface area contributed by atoms with Crippen molar-refractivity contribution in [3.63, 3.8) is 0 Å². The van der Waals surface area contributed by atoms with Crippen LogP contribution in [0.2, 0.25) is 0 Å². The number of amides is 2. The van der Waals surface area contributed by atoms with E-state index in [4.69, 9.17) is 9.15 Å². The molecule has 2 amide bonds. The average Bonchev–Trinajstić information content (AvgIpc) is 3.27. The first-order valence-corrected chi connectivity index (χ1v) is 8.34. The molecule has 0 spiro atoms. The van der Waals surface area contributed by atoms with E-state index < -0.39 is 0 Å². The molecule has 1 aliphatic rings. The number of carbonyl (C=O) groups is 1. The van der Waals surface area contributed by atoms with Crippen molar-refractivity contribution in [2.45, 2.75) is 19.5 Å². The lowest BCUT2D eigenvalue weighted by atomic mass is 10.1. The second kappa shape index (κ2) is 7.47. The van der Waals surface area contributed by atoms with E-state index >= 15 is 0 Å². The van der Waals surface area contributed by atoms with Gasteiger partial charge in [-0.15, -0.1) is 11.3 Å². The van der Waals surface area contributed by atoms with Crippen LogP contribution in [0.5, 0.6) is 0 Å². The van der Waals surface area contributed by atoms with Gasteiger partial charge in [0.2, 0.25) is 0 Å². The van der Waals surface area contributed by atoms with Gasteiger partial charge in [0.15, 0.2) is 0 Å². The number of hydrogen-bond donors (Lipinski definition) is 1. The van der Waals surface area contributed by atoms with Gasteiger partial charge in [0.1, 0.15) is 5.76 Å². The van der Waals surface area contributed by atoms with E-state index in [-0.39, 0.29) is 6.03 Å². The third kappa shape index (κ3) is 4.11. The largest absolute Gasteiger partial charge is 0.467 e. The molecule has 0 bridgehead atoms. The van der Waals surface area contributed by atoms with E-state index in [1.165, 1.54) is 0 Å². The summed E-state index contributed by atoms with van der Waals surface area (Å²) >= 11 is 1.65. The first kappa shape index (κ1) is 15.1. The van der Waals surface area contributed by atoms with Gasteiger partial charge in [-0.25, -0.2) is 4.79 Å². The molecule has 5 nitrogen and oxygen atoms in total. The highest BCUT2D eigenvalue weighted by Gasteiger charge is 2.20. The van der Waals surface area contributed by atoms with Crippen LogP contribution in [0.25, 0.3) is 0 Å². The first-order valence-electron chi connectivity index (χ1n) is 7.46. The molecule has 0 radical (unpaired) electrons. The van der Waals surface area contributed by atoms with Gasteiger partial charge in [-0.3, -0.25) is 0 Å².